The summed E-state index contributed by atoms with van der Waals surface area (Å²) in [4.78, 5) is 0. The molecule has 1 aliphatic rings. The standard InChI is InChI=1S/C16H30F3N/c1-4-11-20-15(9-10-16(17,18)19)14-7-5-13(6-8-14)12(2)3/h12-15,20H,4-11H2,1-3H3. The fourth-order valence-electron chi connectivity index (χ4n) is 3.37. The molecule has 0 aliphatic heterocycles. The molecule has 0 aromatic heterocycles. The average Bonchev–Trinajstić information content (AvgIpc) is 2.38. The first-order valence-electron chi connectivity index (χ1n) is 8.13. The highest BCUT2D eigenvalue weighted by Crippen LogP contribution is 2.36. The van der Waals surface area contributed by atoms with Gasteiger partial charge in [-0.25, -0.2) is 0 Å². The van der Waals surface area contributed by atoms with Crippen molar-refractivity contribution in [3.05, 3.63) is 0 Å². The number of hydrogen-bond donors (Lipinski definition) is 1. The van der Waals surface area contributed by atoms with E-state index in [1.54, 1.807) is 0 Å². The van der Waals surface area contributed by atoms with Crippen LogP contribution in [-0.4, -0.2) is 18.8 Å². The quantitative estimate of drug-likeness (QED) is 0.683. The number of rotatable bonds is 7. The third kappa shape index (κ3) is 6.47. The number of hydrogen-bond acceptors (Lipinski definition) is 1. The molecular weight excluding hydrogens is 263 g/mol. The van der Waals surface area contributed by atoms with E-state index in [-0.39, 0.29) is 12.5 Å². The monoisotopic (exact) mass is 293 g/mol. The van der Waals surface area contributed by atoms with E-state index in [2.05, 4.69) is 26.1 Å². The maximum atomic E-state index is 12.4. The fourth-order valence-corrected chi connectivity index (χ4v) is 3.37. The minimum atomic E-state index is -4.03. The second-order valence-corrected chi connectivity index (χ2v) is 6.63. The van der Waals surface area contributed by atoms with Gasteiger partial charge in [0.2, 0.25) is 0 Å². The normalized spacial score (nSPS) is 25.9. The molecule has 0 heterocycles. The minimum absolute atomic E-state index is 0.0460. The van der Waals surface area contributed by atoms with E-state index in [0.29, 0.717) is 11.8 Å². The van der Waals surface area contributed by atoms with Gasteiger partial charge in [0.1, 0.15) is 0 Å². The zero-order valence-corrected chi connectivity index (χ0v) is 13.1. The zero-order valence-electron chi connectivity index (χ0n) is 13.1. The van der Waals surface area contributed by atoms with Crippen LogP contribution in [0.15, 0.2) is 0 Å². The van der Waals surface area contributed by atoms with Crippen LogP contribution in [0.25, 0.3) is 0 Å². The molecule has 0 bridgehead atoms. The molecule has 1 aliphatic carbocycles. The molecule has 1 nitrogen and oxygen atoms in total. The zero-order chi connectivity index (χ0) is 15.2. The maximum absolute atomic E-state index is 12.4. The Morgan fingerprint density at radius 3 is 2.05 bits per heavy atom. The molecule has 1 atom stereocenters. The summed E-state index contributed by atoms with van der Waals surface area (Å²) in [5.74, 6) is 1.90. The van der Waals surface area contributed by atoms with Crippen LogP contribution in [0.3, 0.4) is 0 Å². The lowest BCUT2D eigenvalue weighted by Gasteiger charge is -2.36. The molecule has 0 amide bonds. The van der Waals surface area contributed by atoms with E-state index in [0.717, 1.165) is 31.7 Å². The van der Waals surface area contributed by atoms with E-state index in [1.807, 2.05) is 0 Å². The van der Waals surface area contributed by atoms with Gasteiger partial charge in [-0.15, -0.1) is 0 Å². The lowest BCUT2D eigenvalue weighted by molar-refractivity contribution is -0.137. The summed E-state index contributed by atoms with van der Waals surface area (Å²) in [5.41, 5.74) is 0. The van der Waals surface area contributed by atoms with Crippen molar-refractivity contribution in [3.63, 3.8) is 0 Å². The maximum Gasteiger partial charge on any atom is 0.389 e. The van der Waals surface area contributed by atoms with Gasteiger partial charge in [-0.1, -0.05) is 20.8 Å². The predicted octanol–water partition coefficient (Wildman–Crippen LogP) is 5.16. The van der Waals surface area contributed by atoms with Crippen molar-refractivity contribution >= 4 is 0 Å². The highest BCUT2D eigenvalue weighted by molar-refractivity contribution is 4.83. The highest BCUT2D eigenvalue weighted by atomic mass is 19.4. The van der Waals surface area contributed by atoms with Crippen LogP contribution in [0.4, 0.5) is 13.2 Å². The summed E-state index contributed by atoms with van der Waals surface area (Å²) in [7, 11) is 0. The van der Waals surface area contributed by atoms with Crippen LogP contribution in [0, 0.1) is 17.8 Å². The lowest BCUT2D eigenvalue weighted by atomic mass is 9.74. The van der Waals surface area contributed by atoms with Crippen LogP contribution in [0.2, 0.25) is 0 Å². The Hall–Kier alpha value is -0.250. The smallest absolute Gasteiger partial charge is 0.314 e. The molecule has 0 spiro atoms. The number of halogens is 3. The second kappa shape index (κ2) is 8.26. The van der Waals surface area contributed by atoms with Gasteiger partial charge in [-0.2, -0.15) is 13.2 Å². The summed E-state index contributed by atoms with van der Waals surface area (Å²) in [6.45, 7) is 7.39. The van der Waals surface area contributed by atoms with Gasteiger partial charge in [0, 0.05) is 12.5 Å². The van der Waals surface area contributed by atoms with Crippen molar-refractivity contribution < 1.29 is 13.2 Å². The molecule has 4 heteroatoms. The van der Waals surface area contributed by atoms with E-state index in [1.165, 1.54) is 12.8 Å². The number of nitrogens with one attached hydrogen (secondary N) is 1. The summed E-state index contributed by atoms with van der Waals surface area (Å²) < 4.78 is 37.3. The summed E-state index contributed by atoms with van der Waals surface area (Å²) in [6.07, 6.45) is 1.06. The first-order valence-corrected chi connectivity index (χ1v) is 8.13. The Morgan fingerprint density at radius 1 is 1.05 bits per heavy atom. The largest absolute Gasteiger partial charge is 0.389 e. The van der Waals surface area contributed by atoms with Crippen molar-refractivity contribution in [1.82, 2.24) is 5.32 Å². The topological polar surface area (TPSA) is 12.0 Å². The Balaban J connectivity index is 2.47. The van der Waals surface area contributed by atoms with Gasteiger partial charge in [0.05, 0.1) is 0 Å². The summed E-state index contributed by atoms with van der Waals surface area (Å²) in [5, 5.41) is 3.36. The van der Waals surface area contributed by atoms with Gasteiger partial charge >= 0.3 is 6.18 Å². The highest BCUT2D eigenvalue weighted by Gasteiger charge is 2.32. The van der Waals surface area contributed by atoms with Gasteiger partial charge in [0.25, 0.3) is 0 Å². The van der Waals surface area contributed by atoms with Crippen LogP contribution < -0.4 is 5.32 Å². The molecule has 120 valence electrons. The van der Waals surface area contributed by atoms with E-state index in [4.69, 9.17) is 0 Å². The SMILES string of the molecule is CCCNC(CCC(F)(F)F)C1CCC(C(C)C)CC1. The Morgan fingerprint density at radius 2 is 1.60 bits per heavy atom. The Bertz CT molecular complexity index is 255. The van der Waals surface area contributed by atoms with E-state index >= 15 is 0 Å². The molecule has 0 aromatic rings. The first kappa shape index (κ1) is 17.8. The van der Waals surface area contributed by atoms with Gasteiger partial charge in [-0.05, 0) is 62.8 Å². The lowest BCUT2D eigenvalue weighted by Crippen LogP contribution is -2.39. The molecule has 1 rings (SSSR count). The van der Waals surface area contributed by atoms with Gasteiger partial charge in [0.15, 0.2) is 0 Å². The number of alkyl halides is 3. The molecule has 20 heavy (non-hydrogen) atoms. The molecule has 1 saturated carbocycles. The molecule has 1 unspecified atom stereocenters. The van der Waals surface area contributed by atoms with Crippen LogP contribution in [0.5, 0.6) is 0 Å². The predicted molar refractivity (Wildman–Crippen MR) is 77.7 cm³/mol. The molecule has 0 aromatic carbocycles. The molecule has 0 radical (unpaired) electrons. The van der Waals surface area contributed by atoms with Crippen molar-refractivity contribution in [2.24, 2.45) is 17.8 Å². The molecule has 1 fully saturated rings. The Kier molecular flexibility index (Phi) is 7.35. The van der Waals surface area contributed by atoms with E-state index < -0.39 is 12.6 Å². The second-order valence-electron chi connectivity index (χ2n) is 6.63. The Labute approximate surface area is 121 Å². The van der Waals surface area contributed by atoms with Crippen LogP contribution in [0.1, 0.15) is 65.7 Å². The van der Waals surface area contributed by atoms with Gasteiger partial charge in [-0.3, -0.25) is 0 Å². The van der Waals surface area contributed by atoms with Crippen LogP contribution in [-0.2, 0) is 0 Å². The van der Waals surface area contributed by atoms with Crippen molar-refractivity contribution in [2.45, 2.75) is 77.9 Å². The molecule has 1 N–H and O–H groups in total. The fraction of sp³-hybridized carbons (Fsp3) is 1.00. The van der Waals surface area contributed by atoms with Gasteiger partial charge < -0.3 is 5.32 Å². The third-order valence-corrected chi connectivity index (χ3v) is 4.72. The molecular formula is C16H30F3N. The van der Waals surface area contributed by atoms with Crippen molar-refractivity contribution in [2.75, 3.05) is 6.54 Å². The van der Waals surface area contributed by atoms with E-state index in [9.17, 15) is 13.2 Å². The first-order chi connectivity index (χ1) is 9.33. The van der Waals surface area contributed by atoms with Crippen LogP contribution >= 0.6 is 0 Å². The summed E-state index contributed by atoms with van der Waals surface area (Å²) in [6, 6.07) is 0.0460. The average molecular weight is 293 g/mol. The summed E-state index contributed by atoms with van der Waals surface area (Å²) >= 11 is 0. The third-order valence-electron chi connectivity index (χ3n) is 4.72. The van der Waals surface area contributed by atoms with Crippen molar-refractivity contribution in [1.29, 1.82) is 0 Å². The van der Waals surface area contributed by atoms with Crippen molar-refractivity contribution in [3.8, 4) is 0 Å². The molecule has 0 saturated heterocycles. The minimum Gasteiger partial charge on any atom is -0.314 e.